The molecule has 1 N–H and O–H groups in total. The highest BCUT2D eigenvalue weighted by atomic mass is 16.2. The third kappa shape index (κ3) is 5.14. The Hall–Kier alpha value is -1.73. The summed E-state index contributed by atoms with van der Waals surface area (Å²) in [6.07, 6.45) is 8.63. The van der Waals surface area contributed by atoms with E-state index in [2.05, 4.69) is 44.1 Å². The summed E-state index contributed by atoms with van der Waals surface area (Å²) in [7, 11) is 4.12. The maximum atomic E-state index is 12.1. The van der Waals surface area contributed by atoms with Crippen LogP contribution in [0.3, 0.4) is 0 Å². The van der Waals surface area contributed by atoms with Gasteiger partial charge in [-0.15, -0.1) is 0 Å². The van der Waals surface area contributed by atoms with E-state index in [0.29, 0.717) is 24.4 Å². The molecule has 2 saturated heterocycles. The van der Waals surface area contributed by atoms with E-state index < -0.39 is 0 Å². The lowest BCUT2D eigenvalue weighted by Gasteiger charge is -2.33. The molecular formula is C19H32N6O. The maximum Gasteiger partial charge on any atom is 0.225 e. The van der Waals surface area contributed by atoms with Crippen molar-refractivity contribution >= 4 is 11.9 Å². The number of rotatable bonds is 8. The molecule has 2 fully saturated rings. The first-order chi connectivity index (χ1) is 12.6. The van der Waals surface area contributed by atoms with Crippen LogP contribution in [0.4, 0.5) is 5.95 Å². The van der Waals surface area contributed by atoms with Gasteiger partial charge >= 0.3 is 0 Å². The number of piperidine rings is 1. The van der Waals surface area contributed by atoms with Crippen molar-refractivity contribution in [2.45, 2.75) is 44.2 Å². The van der Waals surface area contributed by atoms with Gasteiger partial charge in [-0.05, 0) is 52.4 Å². The van der Waals surface area contributed by atoms with E-state index in [1.54, 1.807) is 12.4 Å². The first-order valence-corrected chi connectivity index (χ1v) is 9.83. The fourth-order valence-corrected chi connectivity index (χ4v) is 3.90. The number of hydrogen-bond acceptors (Lipinski definition) is 6. The lowest BCUT2D eigenvalue weighted by atomic mass is 10.0. The molecule has 1 aromatic rings. The van der Waals surface area contributed by atoms with E-state index in [1.807, 2.05) is 6.07 Å². The molecule has 7 nitrogen and oxygen atoms in total. The van der Waals surface area contributed by atoms with Crippen LogP contribution in [0.5, 0.6) is 0 Å². The topological polar surface area (TPSA) is 64.6 Å². The van der Waals surface area contributed by atoms with E-state index in [0.717, 1.165) is 64.4 Å². The molecule has 0 spiro atoms. The summed E-state index contributed by atoms with van der Waals surface area (Å²) in [5.41, 5.74) is 0. The molecule has 0 aromatic carbocycles. The summed E-state index contributed by atoms with van der Waals surface area (Å²) < 4.78 is 0. The summed E-state index contributed by atoms with van der Waals surface area (Å²) in [6, 6.07) is 2.82. The Morgan fingerprint density at radius 3 is 2.62 bits per heavy atom. The van der Waals surface area contributed by atoms with Crippen LogP contribution in [0.25, 0.3) is 0 Å². The van der Waals surface area contributed by atoms with Crippen LogP contribution in [0.2, 0.25) is 0 Å². The highest BCUT2D eigenvalue weighted by Gasteiger charge is 2.30. The van der Waals surface area contributed by atoms with E-state index in [1.165, 1.54) is 0 Å². The normalized spacial score (nSPS) is 21.8. The molecule has 1 amide bonds. The number of likely N-dealkylation sites (N-methyl/N-ethyl adjacent to an activating group) is 1. The van der Waals surface area contributed by atoms with Gasteiger partial charge in [0.25, 0.3) is 0 Å². The molecule has 0 aliphatic carbocycles. The zero-order chi connectivity index (χ0) is 18.4. The van der Waals surface area contributed by atoms with Gasteiger partial charge in [-0.2, -0.15) is 0 Å². The van der Waals surface area contributed by atoms with Gasteiger partial charge in [-0.3, -0.25) is 4.79 Å². The third-order valence-corrected chi connectivity index (χ3v) is 5.48. The van der Waals surface area contributed by atoms with Crippen LogP contribution in [-0.2, 0) is 4.79 Å². The van der Waals surface area contributed by atoms with E-state index in [-0.39, 0.29) is 0 Å². The van der Waals surface area contributed by atoms with Crippen molar-refractivity contribution in [1.82, 2.24) is 25.1 Å². The summed E-state index contributed by atoms with van der Waals surface area (Å²) in [4.78, 5) is 27.3. The second-order valence-electron chi connectivity index (χ2n) is 7.64. The number of carbonyl (C=O) groups is 1. The van der Waals surface area contributed by atoms with Gasteiger partial charge in [0.2, 0.25) is 11.9 Å². The molecule has 0 bridgehead atoms. The molecule has 144 valence electrons. The van der Waals surface area contributed by atoms with E-state index in [9.17, 15) is 4.79 Å². The number of likely N-dealkylation sites (tertiary alicyclic amines) is 1. The lowest BCUT2D eigenvalue weighted by Crippen LogP contribution is -2.44. The van der Waals surface area contributed by atoms with Crippen molar-refractivity contribution in [3.8, 4) is 0 Å². The number of anilines is 1. The molecule has 3 heterocycles. The van der Waals surface area contributed by atoms with E-state index >= 15 is 0 Å². The van der Waals surface area contributed by atoms with Crippen LogP contribution in [0, 0.1) is 0 Å². The minimum atomic E-state index is 0.327. The van der Waals surface area contributed by atoms with Gasteiger partial charge < -0.3 is 20.0 Å². The van der Waals surface area contributed by atoms with Crippen molar-refractivity contribution in [2.24, 2.45) is 0 Å². The number of aromatic nitrogens is 2. The highest BCUT2D eigenvalue weighted by Crippen LogP contribution is 2.21. The van der Waals surface area contributed by atoms with Gasteiger partial charge in [0, 0.05) is 57.1 Å². The van der Waals surface area contributed by atoms with Crippen molar-refractivity contribution in [2.75, 3.05) is 51.7 Å². The van der Waals surface area contributed by atoms with Gasteiger partial charge in [0.1, 0.15) is 0 Å². The second kappa shape index (κ2) is 9.28. The number of carbonyl (C=O) groups excluding carboxylic acids is 1. The molecule has 7 heteroatoms. The second-order valence-corrected chi connectivity index (χ2v) is 7.64. The average molecular weight is 361 g/mol. The zero-order valence-electron chi connectivity index (χ0n) is 16.1. The summed E-state index contributed by atoms with van der Waals surface area (Å²) in [5, 5.41) is 3.70. The van der Waals surface area contributed by atoms with Crippen LogP contribution in [0.15, 0.2) is 18.5 Å². The molecular weight excluding hydrogens is 328 g/mol. The Labute approximate surface area is 156 Å². The molecule has 0 saturated carbocycles. The Kier molecular flexibility index (Phi) is 6.80. The van der Waals surface area contributed by atoms with Gasteiger partial charge in [-0.1, -0.05) is 0 Å². The Balaban J connectivity index is 1.37. The highest BCUT2D eigenvalue weighted by molar-refractivity contribution is 5.78. The van der Waals surface area contributed by atoms with Crippen LogP contribution in [-0.4, -0.2) is 84.6 Å². The van der Waals surface area contributed by atoms with Crippen molar-refractivity contribution in [1.29, 1.82) is 0 Å². The van der Waals surface area contributed by atoms with Crippen LogP contribution in [0.1, 0.15) is 32.1 Å². The van der Waals surface area contributed by atoms with Crippen molar-refractivity contribution in [3.05, 3.63) is 18.5 Å². The maximum absolute atomic E-state index is 12.1. The Morgan fingerprint density at radius 2 is 1.92 bits per heavy atom. The third-order valence-electron chi connectivity index (χ3n) is 5.48. The minimum absolute atomic E-state index is 0.327. The fraction of sp³-hybridized carbons (Fsp3) is 0.737. The minimum Gasteiger partial charge on any atom is -0.341 e. The lowest BCUT2D eigenvalue weighted by molar-refractivity contribution is -0.129. The van der Waals surface area contributed by atoms with Gasteiger partial charge in [0.15, 0.2) is 0 Å². The predicted octanol–water partition coefficient (Wildman–Crippen LogP) is 0.978. The first kappa shape index (κ1) is 19.0. The average Bonchev–Trinajstić information content (AvgIpc) is 3.01. The summed E-state index contributed by atoms with van der Waals surface area (Å²) in [5.74, 6) is 1.17. The van der Waals surface area contributed by atoms with Gasteiger partial charge in [-0.25, -0.2) is 9.97 Å². The van der Waals surface area contributed by atoms with Crippen LogP contribution < -0.4 is 10.2 Å². The Bertz CT molecular complexity index is 558. The number of nitrogens with zero attached hydrogens (tertiary/aromatic N) is 5. The molecule has 0 unspecified atom stereocenters. The quantitative estimate of drug-likeness (QED) is 0.746. The summed E-state index contributed by atoms with van der Waals surface area (Å²) in [6.45, 7) is 4.78. The molecule has 2 aliphatic heterocycles. The largest absolute Gasteiger partial charge is 0.341 e. The number of amides is 1. The zero-order valence-corrected chi connectivity index (χ0v) is 16.1. The molecule has 3 rings (SSSR count). The Morgan fingerprint density at radius 1 is 1.19 bits per heavy atom. The summed E-state index contributed by atoms with van der Waals surface area (Å²) >= 11 is 0. The first-order valence-electron chi connectivity index (χ1n) is 9.83. The van der Waals surface area contributed by atoms with Crippen molar-refractivity contribution in [3.63, 3.8) is 0 Å². The SMILES string of the molecule is CN(C)CCN1C(=O)CC[C@@H]1CCNC1CCN(c2ncccn2)CC1. The molecule has 0 radical (unpaired) electrons. The predicted molar refractivity (Wildman–Crippen MR) is 103 cm³/mol. The monoisotopic (exact) mass is 360 g/mol. The number of nitrogens with one attached hydrogen (secondary N) is 1. The molecule has 26 heavy (non-hydrogen) atoms. The standard InChI is InChI=1S/C19H32N6O/c1-23(2)14-15-25-17(4-5-18(25)26)6-11-20-16-7-12-24(13-8-16)19-21-9-3-10-22-19/h3,9-10,16-17,20H,4-8,11-15H2,1-2H3/t17-/m1/s1. The van der Waals surface area contributed by atoms with Crippen LogP contribution >= 0.6 is 0 Å². The molecule has 1 aromatic heterocycles. The van der Waals surface area contributed by atoms with E-state index in [4.69, 9.17) is 0 Å². The number of hydrogen-bond donors (Lipinski definition) is 1. The molecule has 1 atom stereocenters. The molecule has 2 aliphatic rings. The smallest absolute Gasteiger partial charge is 0.225 e. The fourth-order valence-electron chi connectivity index (χ4n) is 3.90. The van der Waals surface area contributed by atoms with Gasteiger partial charge in [0.05, 0.1) is 0 Å². The van der Waals surface area contributed by atoms with Crippen molar-refractivity contribution < 1.29 is 4.79 Å².